The topological polar surface area (TPSA) is 132 Å². The Labute approximate surface area is 278 Å². The average Bonchev–Trinajstić information content (AvgIpc) is 3.06. The summed E-state index contributed by atoms with van der Waals surface area (Å²) in [6, 6.07) is 30.4. The van der Waals surface area contributed by atoms with Gasteiger partial charge in [0, 0.05) is 16.8 Å². The number of hydrogen-bond donors (Lipinski definition) is 2. The number of anilines is 1. The van der Waals surface area contributed by atoms with E-state index in [0.717, 1.165) is 27.7 Å². The molecule has 0 saturated carbocycles. The van der Waals surface area contributed by atoms with Gasteiger partial charge in [-0.25, -0.2) is 18.2 Å². The maximum Gasteiger partial charge on any atom is 0.341 e. The van der Waals surface area contributed by atoms with Gasteiger partial charge in [0.2, 0.25) is 5.91 Å². The van der Waals surface area contributed by atoms with E-state index in [4.69, 9.17) is 26.2 Å². The van der Waals surface area contributed by atoms with E-state index < -0.39 is 22.4 Å². The van der Waals surface area contributed by atoms with Crippen LogP contribution in [0.3, 0.4) is 0 Å². The van der Waals surface area contributed by atoms with Crippen molar-refractivity contribution in [2.75, 3.05) is 17.7 Å². The quantitative estimate of drug-likeness (QED) is 0.123. The van der Waals surface area contributed by atoms with Crippen molar-refractivity contribution in [2.45, 2.75) is 37.2 Å². The summed E-state index contributed by atoms with van der Waals surface area (Å²) in [5.74, 6) is -0.612. The molecule has 0 bridgehead atoms. The smallest absolute Gasteiger partial charge is 0.341 e. The molecule has 11 heteroatoms. The minimum absolute atomic E-state index is 0.0717. The highest BCUT2D eigenvalue weighted by atomic mass is 35.5. The minimum Gasteiger partial charge on any atom is -0.487 e. The van der Waals surface area contributed by atoms with Gasteiger partial charge in [0.25, 0.3) is 0 Å². The summed E-state index contributed by atoms with van der Waals surface area (Å²) in [5, 5.41) is 13.4. The molecular weight excluding hydrogens is 640 g/mol. The third-order valence-electron chi connectivity index (χ3n) is 7.33. The highest BCUT2D eigenvalue weighted by molar-refractivity contribution is 7.91. The summed E-state index contributed by atoms with van der Waals surface area (Å²) >= 11 is 5.87. The van der Waals surface area contributed by atoms with E-state index >= 15 is 0 Å². The first-order valence-corrected chi connectivity index (χ1v) is 17.0. The van der Waals surface area contributed by atoms with E-state index in [0.29, 0.717) is 42.3 Å². The summed E-state index contributed by atoms with van der Waals surface area (Å²) < 4.78 is 36.7. The van der Waals surface area contributed by atoms with Gasteiger partial charge in [-0.15, -0.1) is 0 Å². The van der Waals surface area contributed by atoms with Crippen LogP contribution < -0.4 is 14.8 Å². The fourth-order valence-corrected chi connectivity index (χ4v) is 6.33. The number of aromatic nitrogens is 1. The normalized spacial score (nSPS) is 11.3. The first kappa shape index (κ1) is 33.4. The van der Waals surface area contributed by atoms with Crippen molar-refractivity contribution in [2.24, 2.45) is 0 Å². The summed E-state index contributed by atoms with van der Waals surface area (Å²) in [4.78, 5) is 28.9. The molecule has 2 N–H and O–H groups in total. The number of carboxylic acid groups (broad SMARTS) is 1. The number of carbonyl (C=O) groups excluding carboxylic acids is 1. The molecule has 9 nitrogen and oxygen atoms in total. The lowest BCUT2D eigenvalue weighted by atomic mass is 10.1. The van der Waals surface area contributed by atoms with Gasteiger partial charge in [-0.05, 0) is 91.1 Å². The third-order valence-corrected chi connectivity index (χ3v) is 9.40. The predicted molar refractivity (Wildman–Crippen MR) is 181 cm³/mol. The Hall–Kier alpha value is -4.93. The fraction of sp³-hybridized carbons (Fsp3) is 0.194. The second kappa shape index (κ2) is 15.6. The Bertz CT molecular complexity index is 1960. The number of ether oxygens (including phenoxy) is 2. The van der Waals surface area contributed by atoms with Gasteiger partial charge in [0.05, 0.1) is 27.5 Å². The maximum atomic E-state index is 12.9. The average molecular weight is 673 g/mol. The van der Waals surface area contributed by atoms with Crippen LogP contribution in [0, 0.1) is 0 Å². The van der Waals surface area contributed by atoms with Gasteiger partial charge >= 0.3 is 5.97 Å². The number of carbonyl (C=O) groups is 2. The van der Waals surface area contributed by atoms with E-state index in [1.54, 1.807) is 18.2 Å². The monoisotopic (exact) mass is 672 g/mol. The SMILES string of the molecule is O=C(O)COc1ccc(CCCS(=O)(=O)c2ccc(Cl)cc2)cc1NC(=O)CCc1ccc(OCc2ccc3ccccc3n2)cc1. The van der Waals surface area contributed by atoms with E-state index in [1.165, 1.54) is 24.3 Å². The number of para-hydroxylation sites is 1. The number of rotatable bonds is 15. The van der Waals surface area contributed by atoms with Crippen LogP contribution in [-0.2, 0) is 38.9 Å². The number of amides is 1. The summed E-state index contributed by atoms with van der Waals surface area (Å²) in [6.45, 7) is -0.247. The Kier molecular flexibility index (Phi) is 11.1. The number of sulfone groups is 1. The van der Waals surface area contributed by atoms with Gasteiger partial charge in [-0.2, -0.15) is 0 Å². The molecule has 0 unspecified atom stereocenters. The van der Waals surface area contributed by atoms with E-state index in [1.807, 2.05) is 60.7 Å². The molecule has 4 aromatic carbocycles. The highest BCUT2D eigenvalue weighted by Crippen LogP contribution is 2.28. The number of nitrogens with zero attached hydrogens (tertiary/aromatic N) is 1. The molecule has 5 rings (SSSR count). The molecule has 0 aliphatic carbocycles. The number of benzene rings is 4. The lowest BCUT2D eigenvalue weighted by molar-refractivity contribution is -0.139. The van der Waals surface area contributed by atoms with E-state index in [9.17, 15) is 18.0 Å². The first-order chi connectivity index (χ1) is 22.6. The first-order valence-electron chi connectivity index (χ1n) is 15.0. The maximum absolute atomic E-state index is 12.9. The molecule has 0 aliphatic heterocycles. The number of fused-ring (bicyclic) bond motifs is 1. The number of aliphatic carboxylic acids is 1. The van der Waals surface area contributed by atoms with Crippen molar-refractivity contribution in [1.29, 1.82) is 0 Å². The van der Waals surface area contributed by atoms with Crippen LogP contribution in [0.15, 0.2) is 108 Å². The molecule has 0 aliphatic rings. The molecule has 0 atom stereocenters. The van der Waals surface area contributed by atoms with Crippen LogP contribution in [0.2, 0.25) is 5.02 Å². The van der Waals surface area contributed by atoms with Gasteiger partial charge in [-0.1, -0.05) is 54.1 Å². The molecule has 1 heterocycles. The van der Waals surface area contributed by atoms with E-state index in [-0.39, 0.29) is 28.7 Å². The van der Waals surface area contributed by atoms with Crippen molar-refractivity contribution in [1.82, 2.24) is 4.98 Å². The molecule has 242 valence electrons. The molecule has 0 spiro atoms. The molecule has 5 aromatic rings. The molecule has 1 aromatic heterocycles. The number of halogens is 1. The van der Waals surface area contributed by atoms with Gasteiger partial charge < -0.3 is 19.9 Å². The number of nitrogens with one attached hydrogen (secondary N) is 1. The summed E-state index contributed by atoms with van der Waals surface area (Å²) in [5.41, 5.74) is 3.76. The number of hydrogen-bond acceptors (Lipinski definition) is 7. The van der Waals surface area contributed by atoms with Crippen molar-refractivity contribution < 1.29 is 32.6 Å². The van der Waals surface area contributed by atoms with Crippen LogP contribution >= 0.6 is 11.6 Å². The molecule has 47 heavy (non-hydrogen) atoms. The Morgan fingerprint density at radius 2 is 1.57 bits per heavy atom. The number of carboxylic acids is 1. The van der Waals surface area contributed by atoms with Crippen LogP contribution in [-0.4, -0.2) is 42.7 Å². The number of aryl methyl sites for hydroxylation is 2. The van der Waals surface area contributed by atoms with Gasteiger partial charge in [0.15, 0.2) is 16.4 Å². The zero-order valence-electron chi connectivity index (χ0n) is 25.4. The Morgan fingerprint density at radius 3 is 2.34 bits per heavy atom. The van der Waals surface area contributed by atoms with E-state index in [2.05, 4.69) is 10.3 Å². The zero-order chi connectivity index (χ0) is 33.2. The van der Waals surface area contributed by atoms with Gasteiger partial charge in [-0.3, -0.25) is 4.79 Å². The van der Waals surface area contributed by atoms with Crippen molar-refractivity contribution in [3.63, 3.8) is 0 Å². The van der Waals surface area contributed by atoms with Crippen LogP contribution in [0.1, 0.15) is 29.7 Å². The lowest BCUT2D eigenvalue weighted by Gasteiger charge is -2.14. The predicted octanol–water partition coefficient (Wildman–Crippen LogP) is 6.91. The molecular formula is C36H33ClN2O7S. The fourth-order valence-electron chi connectivity index (χ4n) is 4.89. The number of pyridine rings is 1. The molecule has 0 fully saturated rings. The lowest BCUT2D eigenvalue weighted by Crippen LogP contribution is -2.15. The van der Waals surface area contributed by atoms with Crippen molar-refractivity contribution in [3.05, 3.63) is 125 Å². The molecule has 1 amide bonds. The Morgan fingerprint density at radius 1 is 0.830 bits per heavy atom. The van der Waals surface area contributed by atoms with Crippen LogP contribution in [0.4, 0.5) is 5.69 Å². The second-order valence-electron chi connectivity index (χ2n) is 10.9. The second-order valence-corrected chi connectivity index (χ2v) is 13.4. The standard InChI is InChI=1S/C36H33ClN2O7S/c37-28-12-17-31(18-13-28)47(43,44)21-3-4-26-9-19-34(46-24-36(41)42)33(22-26)39-35(40)20-10-25-7-15-30(16-8-25)45-23-29-14-11-27-5-1-2-6-32(27)38-29/h1-2,5-9,11-19,22H,3-4,10,20-21,23-24H2,(H,39,40)(H,41,42). The molecule has 0 radical (unpaired) electrons. The minimum atomic E-state index is -3.49. The summed E-state index contributed by atoms with van der Waals surface area (Å²) in [6.07, 6.45) is 1.39. The summed E-state index contributed by atoms with van der Waals surface area (Å²) in [7, 11) is -3.49. The van der Waals surface area contributed by atoms with Gasteiger partial charge in [0.1, 0.15) is 18.1 Å². The molecule has 0 saturated heterocycles. The highest BCUT2D eigenvalue weighted by Gasteiger charge is 2.16. The Balaban J connectivity index is 1.15. The van der Waals surface area contributed by atoms with Crippen molar-refractivity contribution >= 4 is 49.9 Å². The van der Waals surface area contributed by atoms with Crippen molar-refractivity contribution in [3.8, 4) is 11.5 Å². The van der Waals surface area contributed by atoms with Crippen LogP contribution in [0.5, 0.6) is 11.5 Å². The zero-order valence-corrected chi connectivity index (χ0v) is 27.0. The largest absolute Gasteiger partial charge is 0.487 e. The van der Waals surface area contributed by atoms with Crippen LogP contribution in [0.25, 0.3) is 10.9 Å². The third kappa shape index (κ3) is 9.78.